The van der Waals surface area contributed by atoms with Crippen LogP contribution in [0.25, 0.3) is 0 Å². The summed E-state index contributed by atoms with van der Waals surface area (Å²) in [5.74, 6) is 0.693. The highest BCUT2D eigenvalue weighted by molar-refractivity contribution is 9.09. The van der Waals surface area contributed by atoms with E-state index in [0.717, 1.165) is 18.5 Å². The van der Waals surface area contributed by atoms with Crippen molar-refractivity contribution >= 4 is 15.9 Å². The molecule has 0 bridgehead atoms. The molecule has 0 amide bonds. The van der Waals surface area contributed by atoms with Crippen LogP contribution in [0.2, 0.25) is 0 Å². The second-order valence-corrected chi connectivity index (χ2v) is 5.52. The molecule has 2 nitrogen and oxygen atoms in total. The van der Waals surface area contributed by atoms with Gasteiger partial charge in [-0.15, -0.1) is 0 Å². The van der Waals surface area contributed by atoms with Crippen LogP contribution in [0.3, 0.4) is 0 Å². The van der Waals surface area contributed by atoms with Crippen LogP contribution in [0.4, 0.5) is 0 Å². The van der Waals surface area contributed by atoms with Crippen LogP contribution >= 0.6 is 15.9 Å². The van der Waals surface area contributed by atoms with Gasteiger partial charge in [0.15, 0.2) is 0 Å². The Hall–Kier alpha value is 0.400. The molecule has 2 fully saturated rings. The zero-order valence-electron chi connectivity index (χ0n) is 9.51. The predicted octanol–water partition coefficient (Wildman–Crippen LogP) is 2.99. The lowest BCUT2D eigenvalue weighted by Crippen LogP contribution is -2.42. The molecule has 88 valence electrons. The normalized spacial score (nSPS) is 42.0. The summed E-state index contributed by atoms with van der Waals surface area (Å²) < 4.78 is 11.3. The van der Waals surface area contributed by atoms with E-state index in [1.807, 2.05) is 7.11 Å². The van der Waals surface area contributed by atoms with Crippen LogP contribution in [-0.2, 0) is 9.47 Å². The van der Waals surface area contributed by atoms with E-state index in [-0.39, 0.29) is 0 Å². The molecule has 0 aromatic rings. The average Bonchev–Trinajstić information content (AvgIpc) is 2.79. The molecular weight excluding hydrogens is 256 g/mol. The van der Waals surface area contributed by atoms with Gasteiger partial charge in [0, 0.05) is 24.5 Å². The summed E-state index contributed by atoms with van der Waals surface area (Å²) in [4.78, 5) is 0. The first-order chi connectivity index (χ1) is 7.32. The largest absolute Gasteiger partial charge is 0.381 e. The number of ether oxygens (including phenoxy) is 2. The first kappa shape index (κ1) is 11.9. The molecule has 1 heterocycles. The van der Waals surface area contributed by atoms with Crippen molar-refractivity contribution < 1.29 is 9.47 Å². The maximum atomic E-state index is 5.67. The van der Waals surface area contributed by atoms with E-state index in [9.17, 15) is 0 Å². The summed E-state index contributed by atoms with van der Waals surface area (Å²) in [6, 6.07) is 0. The molecule has 15 heavy (non-hydrogen) atoms. The second-order valence-electron chi connectivity index (χ2n) is 4.96. The Morgan fingerprint density at radius 1 is 1.40 bits per heavy atom. The predicted molar refractivity (Wildman–Crippen MR) is 64.4 cm³/mol. The van der Waals surface area contributed by atoms with Crippen molar-refractivity contribution in [3.05, 3.63) is 0 Å². The first-order valence-corrected chi connectivity index (χ1v) is 7.11. The quantitative estimate of drug-likeness (QED) is 0.738. The summed E-state index contributed by atoms with van der Waals surface area (Å²) >= 11 is 3.69. The fraction of sp³-hybridized carbons (Fsp3) is 1.00. The number of halogens is 1. The summed E-state index contributed by atoms with van der Waals surface area (Å²) in [6.45, 7) is 1.85. The SMILES string of the molecule is COC1CCCCC1C1(CBr)CCOC1. The third kappa shape index (κ3) is 2.25. The van der Waals surface area contributed by atoms with E-state index in [1.165, 1.54) is 32.1 Å². The van der Waals surface area contributed by atoms with E-state index >= 15 is 0 Å². The molecule has 3 unspecified atom stereocenters. The summed E-state index contributed by atoms with van der Waals surface area (Å²) in [5.41, 5.74) is 0.348. The van der Waals surface area contributed by atoms with Gasteiger partial charge >= 0.3 is 0 Å². The van der Waals surface area contributed by atoms with Crippen molar-refractivity contribution in [3.63, 3.8) is 0 Å². The van der Waals surface area contributed by atoms with Gasteiger partial charge < -0.3 is 9.47 Å². The zero-order valence-corrected chi connectivity index (χ0v) is 11.1. The summed E-state index contributed by atoms with van der Waals surface area (Å²) in [6.07, 6.45) is 6.89. The zero-order chi connectivity index (χ0) is 10.7. The Kier molecular flexibility index (Phi) is 4.08. The average molecular weight is 277 g/mol. The number of methoxy groups -OCH3 is 1. The van der Waals surface area contributed by atoms with Gasteiger partial charge in [0.2, 0.25) is 0 Å². The Morgan fingerprint density at radius 2 is 2.20 bits per heavy atom. The molecule has 3 atom stereocenters. The van der Waals surface area contributed by atoms with Gasteiger partial charge in [-0.1, -0.05) is 28.8 Å². The summed E-state index contributed by atoms with van der Waals surface area (Å²) in [5, 5.41) is 1.06. The van der Waals surface area contributed by atoms with E-state index in [2.05, 4.69) is 15.9 Å². The van der Waals surface area contributed by atoms with E-state index in [1.54, 1.807) is 0 Å². The van der Waals surface area contributed by atoms with Crippen molar-refractivity contribution in [2.45, 2.75) is 38.2 Å². The highest BCUT2D eigenvalue weighted by atomic mass is 79.9. The maximum Gasteiger partial charge on any atom is 0.0606 e. The van der Waals surface area contributed by atoms with Crippen molar-refractivity contribution in [2.75, 3.05) is 25.7 Å². The molecule has 1 aliphatic carbocycles. The van der Waals surface area contributed by atoms with Gasteiger partial charge in [0.05, 0.1) is 12.7 Å². The van der Waals surface area contributed by atoms with Gasteiger partial charge in [0.1, 0.15) is 0 Å². The molecule has 1 saturated carbocycles. The van der Waals surface area contributed by atoms with Crippen LogP contribution in [0.1, 0.15) is 32.1 Å². The lowest BCUT2D eigenvalue weighted by Gasteiger charge is -2.42. The number of alkyl halides is 1. The molecule has 2 aliphatic rings. The van der Waals surface area contributed by atoms with Gasteiger partial charge in [0.25, 0.3) is 0 Å². The minimum absolute atomic E-state index is 0.348. The third-order valence-corrected chi connectivity index (χ3v) is 5.31. The van der Waals surface area contributed by atoms with Crippen LogP contribution in [0, 0.1) is 11.3 Å². The number of rotatable bonds is 3. The Bertz CT molecular complexity index is 202. The lowest BCUT2D eigenvalue weighted by atomic mass is 9.68. The summed E-state index contributed by atoms with van der Waals surface area (Å²) in [7, 11) is 1.86. The van der Waals surface area contributed by atoms with Gasteiger partial charge in [-0.3, -0.25) is 0 Å². The third-order valence-electron chi connectivity index (χ3n) is 4.19. The molecular formula is C12H21BrO2. The van der Waals surface area contributed by atoms with Crippen molar-refractivity contribution in [1.29, 1.82) is 0 Å². The monoisotopic (exact) mass is 276 g/mol. The molecule has 0 radical (unpaired) electrons. The standard InChI is InChI=1S/C12H21BrO2/c1-14-11-5-3-2-4-10(11)12(8-13)6-7-15-9-12/h10-11H,2-9H2,1H3. The van der Waals surface area contributed by atoms with Crippen LogP contribution in [0.5, 0.6) is 0 Å². The van der Waals surface area contributed by atoms with Crippen LogP contribution in [0.15, 0.2) is 0 Å². The molecule has 0 aromatic heterocycles. The molecule has 3 heteroatoms. The maximum absolute atomic E-state index is 5.67. The van der Waals surface area contributed by atoms with E-state index in [0.29, 0.717) is 17.4 Å². The minimum Gasteiger partial charge on any atom is -0.381 e. The van der Waals surface area contributed by atoms with E-state index < -0.39 is 0 Å². The van der Waals surface area contributed by atoms with Crippen LogP contribution < -0.4 is 0 Å². The second kappa shape index (κ2) is 5.15. The highest BCUT2D eigenvalue weighted by Gasteiger charge is 2.45. The van der Waals surface area contributed by atoms with E-state index in [4.69, 9.17) is 9.47 Å². The smallest absolute Gasteiger partial charge is 0.0606 e. The van der Waals surface area contributed by atoms with Gasteiger partial charge in [-0.05, 0) is 25.2 Å². The fourth-order valence-corrected chi connectivity index (χ4v) is 4.06. The molecule has 1 aliphatic heterocycles. The minimum atomic E-state index is 0.348. The molecule has 0 N–H and O–H groups in total. The van der Waals surface area contributed by atoms with Crippen molar-refractivity contribution in [1.82, 2.24) is 0 Å². The van der Waals surface area contributed by atoms with Crippen molar-refractivity contribution in [3.8, 4) is 0 Å². The first-order valence-electron chi connectivity index (χ1n) is 5.99. The lowest BCUT2D eigenvalue weighted by molar-refractivity contribution is -0.0341. The van der Waals surface area contributed by atoms with Gasteiger partial charge in [-0.2, -0.15) is 0 Å². The molecule has 1 saturated heterocycles. The Morgan fingerprint density at radius 3 is 2.80 bits per heavy atom. The Balaban J connectivity index is 2.10. The van der Waals surface area contributed by atoms with Gasteiger partial charge in [-0.25, -0.2) is 0 Å². The molecule has 2 rings (SSSR count). The highest BCUT2D eigenvalue weighted by Crippen LogP contribution is 2.46. The fourth-order valence-electron chi connectivity index (χ4n) is 3.20. The number of hydrogen-bond donors (Lipinski definition) is 0. The number of hydrogen-bond acceptors (Lipinski definition) is 2. The molecule has 0 aromatic carbocycles. The van der Waals surface area contributed by atoms with Crippen LogP contribution in [-0.4, -0.2) is 31.8 Å². The van der Waals surface area contributed by atoms with Crippen molar-refractivity contribution in [2.24, 2.45) is 11.3 Å². The molecule has 0 spiro atoms. The Labute approximate surface area is 101 Å². The topological polar surface area (TPSA) is 18.5 Å².